The maximum atomic E-state index is 13.0. The number of carbonyl (C=O) groups excluding carboxylic acids is 1. The number of allylic oxidation sites excluding steroid dienone is 2. The van der Waals surface area contributed by atoms with Crippen LogP contribution in [0.3, 0.4) is 0 Å². The van der Waals surface area contributed by atoms with Gasteiger partial charge in [0.2, 0.25) is 0 Å². The summed E-state index contributed by atoms with van der Waals surface area (Å²) < 4.78 is 0. The first-order valence-electron chi connectivity index (χ1n) is 8.96. The van der Waals surface area contributed by atoms with Crippen molar-refractivity contribution < 1.29 is 14.7 Å². The Kier molecular flexibility index (Phi) is 5.95. The minimum Gasteiger partial charge on any atom is -0.480 e. The Morgan fingerprint density at radius 3 is 2.50 bits per heavy atom. The molecule has 0 aromatic heterocycles. The molecule has 0 spiro atoms. The number of hydrazone groups is 1. The topological polar surface area (TPSA) is 78.8 Å². The number of nitrogens with one attached hydrogen (secondary N) is 1. The summed E-state index contributed by atoms with van der Waals surface area (Å²) in [6, 6.07) is 16.2. The van der Waals surface area contributed by atoms with E-state index in [9.17, 15) is 14.7 Å². The third kappa shape index (κ3) is 3.99. The Balaban J connectivity index is 1.93. The number of nitrogens with zero attached hydrogens (tertiary/aromatic N) is 1. The third-order valence-electron chi connectivity index (χ3n) is 5.13. The van der Waals surface area contributed by atoms with Crippen molar-refractivity contribution in [2.45, 2.75) is 25.7 Å². The van der Waals surface area contributed by atoms with Crippen LogP contribution in [0, 0.1) is 5.41 Å². The van der Waals surface area contributed by atoms with Crippen molar-refractivity contribution >= 4 is 29.7 Å². The summed E-state index contributed by atoms with van der Waals surface area (Å²) in [5.74, 6) is -2.31. The zero-order chi connectivity index (χ0) is 20.1. The zero-order valence-corrected chi connectivity index (χ0v) is 16.2. The molecular weight excluding hydrogens is 376 g/mol. The lowest BCUT2D eigenvalue weighted by Gasteiger charge is -2.38. The standard InChI is InChI=1S/C22H21ClN2O3/c1-15-11-12-22(21(27)28,19(13-15)17-7-9-18(23)10-8-17)20(26)25-24-14-16-5-3-2-4-6-16/h2-11,14,19H,12-13H2,1H3,(H,25,26)(H,27,28). The second-order valence-electron chi connectivity index (χ2n) is 6.95. The predicted molar refractivity (Wildman–Crippen MR) is 109 cm³/mol. The monoisotopic (exact) mass is 396 g/mol. The fourth-order valence-electron chi connectivity index (χ4n) is 3.54. The first-order chi connectivity index (χ1) is 13.4. The molecule has 2 aromatic carbocycles. The van der Waals surface area contributed by atoms with Gasteiger partial charge < -0.3 is 5.11 Å². The second kappa shape index (κ2) is 8.40. The SMILES string of the molecule is CC1=CCC(C(=O)O)(C(=O)NN=Cc2ccccc2)C(c2ccc(Cl)cc2)C1. The van der Waals surface area contributed by atoms with E-state index in [1.54, 1.807) is 24.3 Å². The van der Waals surface area contributed by atoms with E-state index in [0.29, 0.717) is 11.4 Å². The van der Waals surface area contributed by atoms with Gasteiger partial charge in [-0.15, -0.1) is 0 Å². The van der Waals surface area contributed by atoms with Gasteiger partial charge >= 0.3 is 5.97 Å². The van der Waals surface area contributed by atoms with E-state index >= 15 is 0 Å². The minimum atomic E-state index is -1.64. The average Bonchev–Trinajstić information content (AvgIpc) is 2.69. The van der Waals surface area contributed by atoms with Gasteiger partial charge in [0.15, 0.2) is 5.41 Å². The Hall–Kier alpha value is -2.92. The molecule has 0 bridgehead atoms. The number of hydrogen-bond acceptors (Lipinski definition) is 3. The van der Waals surface area contributed by atoms with Crippen LogP contribution in [0.2, 0.25) is 5.02 Å². The molecule has 1 amide bonds. The molecule has 5 nitrogen and oxygen atoms in total. The first-order valence-corrected chi connectivity index (χ1v) is 9.34. The lowest BCUT2D eigenvalue weighted by molar-refractivity contribution is -0.158. The van der Waals surface area contributed by atoms with Crippen LogP contribution in [0.15, 0.2) is 71.3 Å². The summed E-state index contributed by atoms with van der Waals surface area (Å²) in [5, 5.41) is 14.6. The van der Waals surface area contributed by atoms with Crippen molar-refractivity contribution in [3.8, 4) is 0 Å². The maximum Gasteiger partial charge on any atom is 0.320 e. The van der Waals surface area contributed by atoms with Crippen LogP contribution in [-0.4, -0.2) is 23.2 Å². The number of hydrogen-bond donors (Lipinski definition) is 2. The Bertz CT molecular complexity index is 923. The third-order valence-corrected chi connectivity index (χ3v) is 5.38. The van der Waals surface area contributed by atoms with E-state index in [4.69, 9.17) is 11.6 Å². The van der Waals surface area contributed by atoms with Gasteiger partial charge in [0.05, 0.1) is 6.21 Å². The molecule has 28 heavy (non-hydrogen) atoms. The summed E-state index contributed by atoms with van der Waals surface area (Å²) >= 11 is 5.98. The molecule has 0 saturated heterocycles. The molecule has 0 aliphatic heterocycles. The molecular formula is C22H21ClN2O3. The van der Waals surface area contributed by atoms with Crippen LogP contribution in [0.5, 0.6) is 0 Å². The molecule has 144 valence electrons. The van der Waals surface area contributed by atoms with Crippen molar-refractivity contribution in [3.05, 3.63) is 82.4 Å². The van der Waals surface area contributed by atoms with Crippen molar-refractivity contribution in [3.63, 3.8) is 0 Å². The van der Waals surface area contributed by atoms with E-state index in [0.717, 1.165) is 16.7 Å². The van der Waals surface area contributed by atoms with Crippen LogP contribution >= 0.6 is 11.6 Å². The van der Waals surface area contributed by atoms with Gasteiger partial charge in [-0.25, -0.2) is 5.43 Å². The van der Waals surface area contributed by atoms with E-state index in [2.05, 4.69) is 10.5 Å². The molecule has 6 heteroatoms. The number of benzene rings is 2. The van der Waals surface area contributed by atoms with Gasteiger partial charge in [0.25, 0.3) is 5.91 Å². The molecule has 2 unspecified atom stereocenters. The summed E-state index contributed by atoms with van der Waals surface area (Å²) in [6.07, 6.45) is 3.90. The van der Waals surface area contributed by atoms with E-state index < -0.39 is 23.2 Å². The Morgan fingerprint density at radius 1 is 1.18 bits per heavy atom. The highest BCUT2D eigenvalue weighted by molar-refractivity contribution is 6.30. The van der Waals surface area contributed by atoms with Gasteiger partial charge in [-0.2, -0.15) is 5.10 Å². The van der Waals surface area contributed by atoms with E-state index in [-0.39, 0.29) is 6.42 Å². The van der Waals surface area contributed by atoms with Crippen molar-refractivity contribution in [2.75, 3.05) is 0 Å². The van der Waals surface area contributed by atoms with Crippen LogP contribution in [0.1, 0.15) is 36.8 Å². The number of aliphatic carboxylic acids is 1. The fourth-order valence-corrected chi connectivity index (χ4v) is 3.67. The lowest BCUT2D eigenvalue weighted by Crippen LogP contribution is -2.50. The van der Waals surface area contributed by atoms with Gasteiger partial charge in [-0.1, -0.05) is 65.7 Å². The molecule has 0 saturated carbocycles. The quantitative estimate of drug-likeness (QED) is 0.340. The first kappa shape index (κ1) is 19.8. The zero-order valence-electron chi connectivity index (χ0n) is 15.4. The summed E-state index contributed by atoms with van der Waals surface area (Å²) in [4.78, 5) is 25.4. The highest BCUT2D eigenvalue weighted by Crippen LogP contribution is 2.47. The lowest BCUT2D eigenvalue weighted by atomic mass is 9.64. The van der Waals surface area contributed by atoms with E-state index in [1.165, 1.54) is 6.21 Å². The highest BCUT2D eigenvalue weighted by atomic mass is 35.5. The molecule has 2 atom stereocenters. The van der Waals surface area contributed by atoms with Crippen LogP contribution in [-0.2, 0) is 9.59 Å². The molecule has 0 fully saturated rings. The number of halogens is 1. The number of carbonyl (C=O) groups is 2. The van der Waals surface area contributed by atoms with Gasteiger partial charge in [-0.05, 0) is 43.0 Å². The van der Waals surface area contributed by atoms with Gasteiger partial charge in [0, 0.05) is 10.9 Å². The highest BCUT2D eigenvalue weighted by Gasteiger charge is 2.53. The molecule has 2 aromatic rings. The molecule has 1 aliphatic rings. The Labute approximate surface area is 168 Å². The molecule has 3 rings (SSSR count). The molecule has 0 radical (unpaired) electrons. The van der Waals surface area contributed by atoms with E-state index in [1.807, 2.05) is 43.3 Å². The van der Waals surface area contributed by atoms with Crippen LogP contribution in [0.25, 0.3) is 0 Å². The van der Waals surface area contributed by atoms with Crippen LogP contribution in [0.4, 0.5) is 0 Å². The molecule has 2 N–H and O–H groups in total. The summed E-state index contributed by atoms with van der Waals surface area (Å²) in [6.45, 7) is 1.94. The molecule has 0 heterocycles. The molecule has 1 aliphatic carbocycles. The van der Waals surface area contributed by atoms with Gasteiger partial charge in [-0.3, -0.25) is 9.59 Å². The van der Waals surface area contributed by atoms with Gasteiger partial charge in [0.1, 0.15) is 0 Å². The smallest absolute Gasteiger partial charge is 0.320 e. The number of amides is 1. The predicted octanol–water partition coefficient (Wildman–Crippen LogP) is 4.39. The largest absolute Gasteiger partial charge is 0.480 e. The van der Waals surface area contributed by atoms with Crippen molar-refractivity contribution in [1.82, 2.24) is 5.43 Å². The number of carboxylic acids is 1. The van der Waals surface area contributed by atoms with Crippen molar-refractivity contribution in [2.24, 2.45) is 10.5 Å². The normalized spacial score (nSPS) is 21.9. The summed E-state index contributed by atoms with van der Waals surface area (Å²) in [5.41, 5.74) is 3.43. The second-order valence-corrected chi connectivity index (χ2v) is 7.39. The fraction of sp³-hybridized carbons (Fsp3) is 0.227. The minimum absolute atomic E-state index is 0.105. The maximum absolute atomic E-state index is 13.0. The Morgan fingerprint density at radius 2 is 1.86 bits per heavy atom. The summed E-state index contributed by atoms with van der Waals surface area (Å²) in [7, 11) is 0. The number of rotatable bonds is 5. The average molecular weight is 397 g/mol. The number of carboxylic acid groups (broad SMARTS) is 1. The van der Waals surface area contributed by atoms with Crippen LogP contribution < -0.4 is 5.43 Å². The van der Waals surface area contributed by atoms with Crippen molar-refractivity contribution in [1.29, 1.82) is 0 Å².